The number of fused-ring (bicyclic) bond motifs is 1. The number of aryl methyl sites for hydroxylation is 2. The molecule has 0 saturated carbocycles. The molecule has 9 nitrogen and oxygen atoms in total. The second-order valence-corrected chi connectivity index (χ2v) is 10.2. The Labute approximate surface area is 210 Å². The van der Waals surface area contributed by atoms with E-state index in [4.69, 9.17) is 9.15 Å². The van der Waals surface area contributed by atoms with Gasteiger partial charge in [0.25, 0.3) is 5.56 Å². The predicted molar refractivity (Wildman–Crippen MR) is 136 cm³/mol. The van der Waals surface area contributed by atoms with Crippen molar-refractivity contribution in [3.8, 4) is 0 Å². The normalized spacial score (nSPS) is 17.0. The molecule has 1 aromatic carbocycles. The second-order valence-electron chi connectivity index (χ2n) is 10.2. The molecule has 1 aliphatic heterocycles. The Morgan fingerprint density at radius 3 is 2.81 bits per heavy atom. The van der Waals surface area contributed by atoms with Crippen LogP contribution in [0.2, 0.25) is 0 Å². The third kappa shape index (κ3) is 5.12. The molecule has 1 saturated heterocycles. The number of nitrogens with one attached hydrogen (secondary N) is 1. The Hall–Kier alpha value is -3.30. The lowest BCUT2D eigenvalue weighted by Gasteiger charge is -2.33. The maximum Gasteiger partial charge on any atom is 0.252 e. The summed E-state index contributed by atoms with van der Waals surface area (Å²) in [4.78, 5) is 18.6. The van der Waals surface area contributed by atoms with Crippen LogP contribution in [0.4, 0.5) is 0 Å². The third-order valence-corrected chi connectivity index (χ3v) is 6.93. The molecule has 2 atom stereocenters. The molecule has 0 spiro atoms. The van der Waals surface area contributed by atoms with Crippen LogP contribution in [0.1, 0.15) is 61.0 Å². The van der Waals surface area contributed by atoms with Gasteiger partial charge in [-0.15, -0.1) is 5.10 Å². The van der Waals surface area contributed by atoms with Crippen LogP contribution in [0.3, 0.4) is 0 Å². The largest absolute Gasteiger partial charge is 0.468 e. The average Bonchev–Trinajstić information content (AvgIpc) is 3.60. The maximum atomic E-state index is 13.2. The zero-order chi connectivity index (χ0) is 25.2. The van der Waals surface area contributed by atoms with Crippen molar-refractivity contribution in [3.05, 3.63) is 75.2 Å². The third-order valence-electron chi connectivity index (χ3n) is 6.93. The summed E-state index contributed by atoms with van der Waals surface area (Å²) in [6, 6.07) is 9.91. The van der Waals surface area contributed by atoms with Crippen molar-refractivity contribution in [2.24, 2.45) is 5.92 Å². The summed E-state index contributed by atoms with van der Waals surface area (Å²) < 4.78 is 13.4. The van der Waals surface area contributed by atoms with Gasteiger partial charge in [0, 0.05) is 18.7 Å². The van der Waals surface area contributed by atoms with Crippen LogP contribution in [0.25, 0.3) is 10.9 Å². The molecule has 1 aliphatic rings. The molecule has 4 aromatic rings. The van der Waals surface area contributed by atoms with Gasteiger partial charge < -0.3 is 14.1 Å². The van der Waals surface area contributed by atoms with E-state index in [0.29, 0.717) is 25.2 Å². The van der Waals surface area contributed by atoms with Gasteiger partial charge in [0.05, 0.1) is 37.0 Å². The number of aromatic nitrogens is 5. The van der Waals surface area contributed by atoms with E-state index in [1.54, 1.807) is 6.26 Å². The van der Waals surface area contributed by atoms with Gasteiger partial charge >= 0.3 is 0 Å². The molecule has 36 heavy (non-hydrogen) atoms. The number of ether oxygens (including phenoxy) is 1. The minimum absolute atomic E-state index is 0.0830. The van der Waals surface area contributed by atoms with Crippen LogP contribution >= 0.6 is 0 Å². The van der Waals surface area contributed by atoms with Crippen LogP contribution < -0.4 is 5.56 Å². The van der Waals surface area contributed by atoms with Gasteiger partial charge in [0.2, 0.25) is 0 Å². The Bertz CT molecular complexity index is 1370. The number of rotatable bonds is 9. The van der Waals surface area contributed by atoms with E-state index in [1.165, 1.54) is 5.56 Å². The molecular formula is C27H34N6O3. The zero-order valence-corrected chi connectivity index (χ0v) is 21.4. The summed E-state index contributed by atoms with van der Waals surface area (Å²) in [5.41, 5.74) is 3.73. The average molecular weight is 491 g/mol. The summed E-state index contributed by atoms with van der Waals surface area (Å²) >= 11 is 0. The Balaban J connectivity index is 1.53. The molecule has 5 rings (SSSR count). The van der Waals surface area contributed by atoms with Gasteiger partial charge in [-0.05, 0) is 78.2 Å². The number of hydrogen-bond donors (Lipinski definition) is 1. The number of hydrogen-bond acceptors (Lipinski definition) is 7. The van der Waals surface area contributed by atoms with E-state index < -0.39 is 0 Å². The fourth-order valence-electron chi connectivity index (χ4n) is 5.34. The molecular weight excluding hydrogens is 456 g/mol. The van der Waals surface area contributed by atoms with Gasteiger partial charge in [0.1, 0.15) is 5.76 Å². The van der Waals surface area contributed by atoms with Crippen LogP contribution in [-0.4, -0.2) is 42.8 Å². The van der Waals surface area contributed by atoms with E-state index in [9.17, 15) is 4.79 Å². The predicted octanol–water partition coefficient (Wildman–Crippen LogP) is 4.30. The summed E-state index contributed by atoms with van der Waals surface area (Å²) in [5, 5.41) is 13.8. The molecule has 1 fully saturated rings. The lowest BCUT2D eigenvalue weighted by molar-refractivity contribution is 0.0836. The fourth-order valence-corrected chi connectivity index (χ4v) is 5.34. The first-order valence-corrected chi connectivity index (χ1v) is 12.7. The number of tetrazole rings is 1. The molecule has 0 amide bonds. The first kappa shape index (κ1) is 24.4. The molecule has 0 aliphatic carbocycles. The van der Waals surface area contributed by atoms with Gasteiger partial charge in [-0.1, -0.05) is 25.5 Å². The van der Waals surface area contributed by atoms with E-state index in [-0.39, 0.29) is 23.6 Å². The molecule has 190 valence electrons. The van der Waals surface area contributed by atoms with E-state index in [0.717, 1.165) is 47.5 Å². The fraction of sp³-hybridized carbons (Fsp3) is 0.481. The van der Waals surface area contributed by atoms with E-state index in [1.807, 2.05) is 29.8 Å². The first-order chi connectivity index (χ1) is 17.4. The SMILES string of the molecule is Cc1cc(C)c2[nH]c(=O)c(CN(Cc3ccco3)[C@@H](c3nnnn3C[C@H]3CCCO3)C(C)C)cc2c1. The summed E-state index contributed by atoms with van der Waals surface area (Å²) in [5.74, 6) is 1.77. The van der Waals surface area contributed by atoms with Crippen molar-refractivity contribution >= 4 is 10.9 Å². The van der Waals surface area contributed by atoms with Gasteiger partial charge in [-0.3, -0.25) is 9.69 Å². The van der Waals surface area contributed by atoms with Crippen molar-refractivity contribution in [1.29, 1.82) is 0 Å². The zero-order valence-electron chi connectivity index (χ0n) is 21.4. The molecule has 0 bridgehead atoms. The van der Waals surface area contributed by atoms with Crippen molar-refractivity contribution in [2.45, 2.75) is 72.3 Å². The molecule has 4 heterocycles. The number of H-pyrrole nitrogens is 1. The topological polar surface area (TPSA) is 102 Å². The number of aromatic amines is 1. The Morgan fingerprint density at radius 2 is 2.08 bits per heavy atom. The molecule has 0 radical (unpaired) electrons. The van der Waals surface area contributed by atoms with Crippen LogP contribution in [0.5, 0.6) is 0 Å². The summed E-state index contributed by atoms with van der Waals surface area (Å²) in [6.07, 6.45) is 3.86. The lowest BCUT2D eigenvalue weighted by Crippen LogP contribution is -2.35. The van der Waals surface area contributed by atoms with Gasteiger partial charge in [-0.25, -0.2) is 4.68 Å². The van der Waals surface area contributed by atoms with Crippen LogP contribution in [-0.2, 0) is 24.4 Å². The smallest absolute Gasteiger partial charge is 0.252 e. The summed E-state index contributed by atoms with van der Waals surface area (Å²) in [6.45, 7) is 10.8. The van der Waals surface area contributed by atoms with Crippen LogP contribution in [0.15, 0.2) is 45.8 Å². The number of pyridine rings is 1. The minimum atomic E-state index is -0.138. The van der Waals surface area contributed by atoms with Gasteiger partial charge in [-0.2, -0.15) is 0 Å². The quantitative estimate of drug-likeness (QED) is 0.373. The molecule has 0 unspecified atom stereocenters. The van der Waals surface area contributed by atoms with E-state index >= 15 is 0 Å². The Kier molecular flexibility index (Phi) is 7.02. The van der Waals surface area contributed by atoms with Crippen molar-refractivity contribution in [2.75, 3.05) is 6.61 Å². The van der Waals surface area contributed by atoms with Crippen LogP contribution in [0, 0.1) is 19.8 Å². The lowest BCUT2D eigenvalue weighted by atomic mass is 9.99. The standard InChI is InChI=1S/C27H34N6O3/c1-17(2)25(26-29-30-31-33(26)16-23-8-6-10-36-23)32(15-22-7-5-9-35-22)14-21-13-20-12-18(3)11-19(4)24(20)28-27(21)34/h5,7,9,11-13,17,23,25H,6,8,10,14-16H2,1-4H3,(H,28,34)/t23-,25-/m1/s1. The number of furan rings is 1. The van der Waals surface area contributed by atoms with E-state index in [2.05, 4.69) is 58.3 Å². The van der Waals surface area contributed by atoms with Gasteiger partial charge in [0.15, 0.2) is 5.82 Å². The highest BCUT2D eigenvalue weighted by Crippen LogP contribution is 2.31. The van der Waals surface area contributed by atoms with Crippen molar-refractivity contribution in [1.82, 2.24) is 30.1 Å². The molecule has 1 N–H and O–H groups in total. The summed E-state index contributed by atoms with van der Waals surface area (Å²) in [7, 11) is 0. The second kappa shape index (κ2) is 10.4. The number of benzene rings is 1. The monoisotopic (exact) mass is 490 g/mol. The number of nitrogens with zero attached hydrogens (tertiary/aromatic N) is 5. The van der Waals surface area contributed by atoms with Crippen molar-refractivity contribution in [3.63, 3.8) is 0 Å². The highest BCUT2D eigenvalue weighted by atomic mass is 16.5. The highest BCUT2D eigenvalue weighted by Gasteiger charge is 2.31. The molecule has 3 aromatic heterocycles. The highest BCUT2D eigenvalue weighted by molar-refractivity contribution is 5.82. The maximum absolute atomic E-state index is 13.2. The van der Waals surface area contributed by atoms with Crippen molar-refractivity contribution < 1.29 is 9.15 Å². The Morgan fingerprint density at radius 1 is 1.22 bits per heavy atom. The minimum Gasteiger partial charge on any atom is -0.468 e. The molecule has 9 heteroatoms. The first-order valence-electron chi connectivity index (χ1n) is 12.7.